The minimum atomic E-state index is -0.132. The lowest BCUT2D eigenvalue weighted by atomic mass is 10.0. The Morgan fingerprint density at radius 1 is 1.53 bits per heavy atom. The van der Waals surface area contributed by atoms with Gasteiger partial charge in [-0.05, 0) is 6.92 Å². The number of thioether (sulfide) groups is 2. The van der Waals surface area contributed by atoms with Crippen LogP contribution in [0.3, 0.4) is 0 Å². The van der Waals surface area contributed by atoms with Crippen LogP contribution in [0.2, 0.25) is 0 Å². The van der Waals surface area contributed by atoms with E-state index in [-0.39, 0.29) is 18.1 Å². The van der Waals surface area contributed by atoms with Gasteiger partial charge in [0.25, 0.3) is 0 Å². The van der Waals surface area contributed by atoms with Crippen LogP contribution < -0.4 is 10.6 Å². The van der Waals surface area contributed by atoms with Crippen molar-refractivity contribution in [3.63, 3.8) is 0 Å². The van der Waals surface area contributed by atoms with Crippen LogP contribution in [-0.4, -0.2) is 60.3 Å². The molecule has 1 amide bonds. The zero-order chi connectivity index (χ0) is 12.1. The van der Waals surface area contributed by atoms with Gasteiger partial charge in [-0.25, -0.2) is 0 Å². The number of ether oxygens (including phenoxy) is 1. The molecule has 0 aromatic rings. The lowest BCUT2D eigenvalue weighted by molar-refractivity contribution is -0.135. The van der Waals surface area contributed by atoms with E-state index in [1.807, 2.05) is 30.4 Å². The number of hydrogen-bond acceptors (Lipinski definition) is 5. The second-order valence-electron chi connectivity index (χ2n) is 4.71. The molecule has 0 aromatic carbocycles. The average molecular weight is 276 g/mol. The van der Waals surface area contributed by atoms with Gasteiger partial charge in [0.15, 0.2) is 0 Å². The highest BCUT2D eigenvalue weighted by Gasteiger charge is 2.33. The van der Waals surface area contributed by atoms with E-state index in [0.29, 0.717) is 5.25 Å². The Morgan fingerprint density at radius 3 is 2.94 bits per heavy atom. The van der Waals surface area contributed by atoms with Crippen molar-refractivity contribution >= 4 is 29.4 Å². The predicted octanol–water partition coefficient (Wildman–Crippen LogP) is 0.330. The van der Waals surface area contributed by atoms with E-state index in [4.69, 9.17) is 4.74 Å². The lowest BCUT2D eigenvalue weighted by Crippen LogP contribution is -2.59. The molecule has 2 N–H and O–H groups in total. The Morgan fingerprint density at radius 2 is 2.35 bits per heavy atom. The maximum Gasteiger partial charge on any atom is 0.246 e. The molecule has 0 saturated carbocycles. The van der Waals surface area contributed by atoms with E-state index >= 15 is 0 Å². The molecule has 1 unspecified atom stereocenters. The molecule has 2 saturated heterocycles. The first-order valence-corrected chi connectivity index (χ1v) is 8.19. The van der Waals surface area contributed by atoms with Gasteiger partial charge in [0, 0.05) is 42.1 Å². The maximum absolute atomic E-state index is 11.6. The number of nitrogens with one attached hydrogen (secondary N) is 2. The lowest BCUT2D eigenvalue weighted by Gasteiger charge is -2.38. The van der Waals surface area contributed by atoms with Gasteiger partial charge in [-0.3, -0.25) is 4.79 Å². The molecule has 2 heterocycles. The summed E-state index contributed by atoms with van der Waals surface area (Å²) < 4.78 is 5.58. The molecule has 0 bridgehead atoms. The summed E-state index contributed by atoms with van der Waals surface area (Å²) in [6.07, 6.45) is 0. The van der Waals surface area contributed by atoms with Crippen molar-refractivity contribution in [1.29, 1.82) is 0 Å². The number of rotatable bonds is 5. The number of carbonyl (C=O) groups is 1. The SMILES string of the molecule is CC1(OCC(=O)NCC2CSCCS2)CNC1. The maximum atomic E-state index is 11.6. The Labute approximate surface area is 111 Å². The van der Waals surface area contributed by atoms with Crippen molar-refractivity contribution in [2.45, 2.75) is 17.8 Å². The van der Waals surface area contributed by atoms with Gasteiger partial charge in [-0.1, -0.05) is 0 Å². The molecule has 2 aliphatic rings. The Kier molecular flexibility index (Phi) is 5.02. The van der Waals surface area contributed by atoms with Gasteiger partial charge in [0.2, 0.25) is 5.91 Å². The van der Waals surface area contributed by atoms with Crippen molar-refractivity contribution in [1.82, 2.24) is 10.6 Å². The first kappa shape index (κ1) is 13.5. The molecule has 98 valence electrons. The van der Waals surface area contributed by atoms with Crippen LogP contribution in [0.4, 0.5) is 0 Å². The van der Waals surface area contributed by atoms with E-state index in [0.717, 1.165) is 25.4 Å². The van der Waals surface area contributed by atoms with Crippen molar-refractivity contribution < 1.29 is 9.53 Å². The summed E-state index contributed by atoms with van der Waals surface area (Å²) >= 11 is 3.93. The number of carbonyl (C=O) groups excluding carboxylic acids is 1. The number of amides is 1. The van der Waals surface area contributed by atoms with Crippen LogP contribution in [0.1, 0.15) is 6.92 Å². The molecule has 1 atom stereocenters. The van der Waals surface area contributed by atoms with E-state index < -0.39 is 0 Å². The zero-order valence-corrected chi connectivity index (χ0v) is 11.8. The standard InChI is InChI=1S/C11H20N2O2S2/c1-11(7-12-8-11)15-5-10(14)13-4-9-6-16-2-3-17-9/h9,12H,2-8H2,1H3,(H,13,14). The molecule has 2 rings (SSSR count). The van der Waals surface area contributed by atoms with E-state index in [1.54, 1.807) is 0 Å². The molecule has 6 heteroatoms. The fourth-order valence-corrected chi connectivity index (χ4v) is 4.36. The van der Waals surface area contributed by atoms with Crippen LogP contribution >= 0.6 is 23.5 Å². The fraction of sp³-hybridized carbons (Fsp3) is 0.909. The zero-order valence-electron chi connectivity index (χ0n) is 10.2. The second-order valence-corrected chi connectivity index (χ2v) is 7.27. The minimum Gasteiger partial charge on any atom is -0.363 e. The first-order chi connectivity index (χ1) is 8.18. The van der Waals surface area contributed by atoms with Gasteiger partial charge < -0.3 is 15.4 Å². The largest absolute Gasteiger partial charge is 0.363 e. The summed E-state index contributed by atoms with van der Waals surface area (Å²) in [5.41, 5.74) is -0.132. The van der Waals surface area contributed by atoms with Crippen LogP contribution in [0, 0.1) is 0 Å². The highest BCUT2D eigenvalue weighted by Crippen LogP contribution is 2.23. The third kappa shape index (κ3) is 4.35. The Bertz CT molecular complexity index is 266. The van der Waals surface area contributed by atoms with Crippen LogP contribution in [-0.2, 0) is 9.53 Å². The second kappa shape index (κ2) is 6.31. The molecular weight excluding hydrogens is 256 g/mol. The molecule has 0 spiro atoms. The summed E-state index contributed by atoms with van der Waals surface area (Å²) in [7, 11) is 0. The third-order valence-electron chi connectivity index (χ3n) is 2.96. The van der Waals surface area contributed by atoms with E-state index in [1.165, 1.54) is 11.5 Å². The summed E-state index contributed by atoms with van der Waals surface area (Å²) in [5.74, 6) is 3.59. The Hall–Kier alpha value is 0.0900. The van der Waals surface area contributed by atoms with Crippen LogP contribution in [0.15, 0.2) is 0 Å². The predicted molar refractivity (Wildman–Crippen MR) is 73.8 cm³/mol. The molecule has 17 heavy (non-hydrogen) atoms. The molecule has 4 nitrogen and oxygen atoms in total. The van der Waals surface area contributed by atoms with Crippen LogP contribution in [0.25, 0.3) is 0 Å². The first-order valence-electron chi connectivity index (χ1n) is 5.99. The molecule has 0 aliphatic carbocycles. The highest BCUT2D eigenvalue weighted by molar-refractivity contribution is 8.06. The molecule has 0 radical (unpaired) electrons. The normalized spacial score (nSPS) is 27.2. The van der Waals surface area contributed by atoms with Gasteiger partial charge >= 0.3 is 0 Å². The molecule has 2 aliphatic heterocycles. The quantitative estimate of drug-likeness (QED) is 0.758. The number of hydrogen-bond donors (Lipinski definition) is 2. The van der Waals surface area contributed by atoms with Gasteiger partial charge in [0.05, 0.1) is 5.60 Å². The average Bonchev–Trinajstić information content (AvgIpc) is 2.33. The summed E-state index contributed by atoms with van der Waals surface area (Å²) in [5, 5.41) is 6.67. The smallest absolute Gasteiger partial charge is 0.246 e. The monoisotopic (exact) mass is 276 g/mol. The Balaban J connectivity index is 1.57. The molecule has 0 aromatic heterocycles. The van der Waals surface area contributed by atoms with E-state index in [9.17, 15) is 4.79 Å². The van der Waals surface area contributed by atoms with Gasteiger partial charge in [0.1, 0.15) is 6.61 Å². The summed E-state index contributed by atoms with van der Waals surface area (Å²) in [6, 6.07) is 0. The summed E-state index contributed by atoms with van der Waals surface area (Å²) in [4.78, 5) is 11.6. The van der Waals surface area contributed by atoms with Crippen molar-refractivity contribution in [3.8, 4) is 0 Å². The van der Waals surface area contributed by atoms with E-state index in [2.05, 4.69) is 10.6 Å². The third-order valence-corrected chi connectivity index (χ3v) is 5.81. The molecular formula is C11H20N2O2S2. The topological polar surface area (TPSA) is 50.4 Å². The van der Waals surface area contributed by atoms with Gasteiger partial charge in [-0.15, -0.1) is 0 Å². The van der Waals surface area contributed by atoms with Crippen LogP contribution in [0.5, 0.6) is 0 Å². The van der Waals surface area contributed by atoms with Crippen molar-refractivity contribution in [3.05, 3.63) is 0 Å². The van der Waals surface area contributed by atoms with Crippen molar-refractivity contribution in [2.75, 3.05) is 43.5 Å². The molecule has 2 fully saturated rings. The highest BCUT2D eigenvalue weighted by atomic mass is 32.2. The van der Waals surface area contributed by atoms with Gasteiger partial charge in [-0.2, -0.15) is 23.5 Å². The minimum absolute atomic E-state index is 0.00861. The fourth-order valence-electron chi connectivity index (χ4n) is 1.75. The summed E-state index contributed by atoms with van der Waals surface area (Å²) in [6.45, 7) is 4.67. The van der Waals surface area contributed by atoms with Crippen molar-refractivity contribution in [2.24, 2.45) is 0 Å².